The molecule has 1 aliphatic heterocycles. The molecule has 2 heterocycles. The van der Waals surface area contributed by atoms with Gasteiger partial charge in [0.15, 0.2) is 0 Å². The number of halogens is 1. The van der Waals surface area contributed by atoms with Gasteiger partial charge in [-0.05, 0) is 19.1 Å². The van der Waals surface area contributed by atoms with Crippen LogP contribution in [-0.2, 0) is 0 Å². The molecule has 0 bridgehead atoms. The van der Waals surface area contributed by atoms with E-state index in [0.29, 0.717) is 0 Å². The SMILES string of the molecule is CC1=c2ncccc2=NI=N1. The van der Waals surface area contributed by atoms with E-state index in [9.17, 15) is 0 Å². The van der Waals surface area contributed by atoms with Crippen LogP contribution >= 0.6 is 21.3 Å². The Morgan fingerprint density at radius 2 is 2.36 bits per heavy atom. The van der Waals surface area contributed by atoms with Crippen molar-refractivity contribution in [3.8, 4) is 0 Å². The first-order valence-corrected chi connectivity index (χ1v) is 5.15. The van der Waals surface area contributed by atoms with Crippen molar-refractivity contribution >= 4 is 27.0 Å². The lowest BCUT2D eigenvalue weighted by atomic mass is 10.3. The fourth-order valence-corrected chi connectivity index (χ4v) is 2.18. The zero-order valence-corrected chi connectivity index (χ0v) is 8.11. The van der Waals surface area contributed by atoms with Crippen molar-refractivity contribution in [3.05, 3.63) is 29.0 Å². The molecule has 4 heteroatoms. The Labute approximate surface area is 74.4 Å². The molecule has 0 spiro atoms. The van der Waals surface area contributed by atoms with Crippen LogP contribution < -0.4 is 10.7 Å². The minimum absolute atomic E-state index is 0.342. The average Bonchev–Trinajstić information content (AvgIpc) is 2.06. The van der Waals surface area contributed by atoms with E-state index in [1.807, 2.05) is 19.1 Å². The molecule has 0 atom stereocenters. The predicted molar refractivity (Wildman–Crippen MR) is 50.5 cm³/mol. The number of fused-ring (bicyclic) bond motifs is 1. The molecule has 0 N–H and O–H groups in total. The van der Waals surface area contributed by atoms with E-state index >= 15 is 0 Å². The molecular formula is C7H6IN3. The topological polar surface area (TPSA) is 37.6 Å². The molecule has 1 aromatic heterocycles. The van der Waals surface area contributed by atoms with Gasteiger partial charge in [0.1, 0.15) is 26.7 Å². The molecule has 0 unspecified atom stereocenters. The van der Waals surface area contributed by atoms with Gasteiger partial charge in [-0.15, -0.1) is 0 Å². The smallest absolute Gasteiger partial charge is 0.143 e. The number of aromatic nitrogens is 1. The highest BCUT2D eigenvalue weighted by Gasteiger charge is 1.95. The van der Waals surface area contributed by atoms with Crippen molar-refractivity contribution in [3.63, 3.8) is 0 Å². The summed E-state index contributed by atoms with van der Waals surface area (Å²) in [6.07, 6.45) is 1.77. The van der Waals surface area contributed by atoms with E-state index in [2.05, 4.69) is 11.3 Å². The molecule has 56 valence electrons. The van der Waals surface area contributed by atoms with Crippen LogP contribution in [0.2, 0.25) is 0 Å². The summed E-state index contributed by atoms with van der Waals surface area (Å²) in [6, 6.07) is 3.89. The van der Waals surface area contributed by atoms with Gasteiger partial charge in [-0.3, -0.25) is 4.98 Å². The molecule has 0 saturated carbocycles. The average molecular weight is 259 g/mol. The van der Waals surface area contributed by atoms with Crippen molar-refractivity contribution < 1.29 is 0 Å². The Balaban J connectivity index is 2.97. The van der Waals surface area contributed by atoms with Crippen molar-refractivity contribution in [2.75, 3.05) is 0 Å². The first kappa shape index (κ1) is 7.02. The molecular weight excluding hydrogens is 253 g/mol. The molecule has 11 heavy (non-hydrogen) atoms. The number of hydrogen-bond donors (Lipinski definition) is 0. The number of hydrogen-bond acceptors (Lipinski definition) is 3. The summed E-state index contributed by atoms with van der Waals surface area (Å²) in [6.45, 7) is 1.99. The maximum atomic E-state index is 4.30. The molecule has 1 aliphatic rings. The maximum absolute atomic E-state index is 4.30. The molecule has 0 aromatic carbocycles. The zero-order valence-electron chi connectivity index (χ0n) is 5.95. The monoisotopic (exact) mass is 259 g/mol. The van der Waals surface area contributed by atoms with E-state index in [0.717, 1.165) is 16.4 Å². The molecule has 3 nitrogen and oxygen atoms in total. The van der Waals surface area contributed by atoms with E-state index in [-0.39, 0.29) is 21.3 Å². The highest BCUT2D eigenvalue weighted by Crippen LogP contribution is 2.08. The van der Waals surface area contributed by atoms with Crippen LogP contribution in [0.5, 0.6) is 0 Å². The predicted octanol–water partition coefficient (Wildman–Crippen LogP) is 0.912. The largest absolute Gasteiger partial charge is 0.253 e. The number of pyridine rings is 1. The van der Waals surface area contributed by atoms with Crippen molar-refractivity contribution in [1.29, 1.82) is 0 Å². The van der Waals surface area contributed by atoms with Gasteiger partial charge in [-0.1, -0.05) is 0 Å². The van der Waals surface area contributed by atoms with Gasteiger partial charge in [-0.2, -0.15) is 0 Å². The fourth-order valence-electron chi connectivity index (χ4n) is 0.900. The Bertz CT molecular complexity index is 422. The Morgan fingerprint density at radius 3 is 3.18 bits per heavy atom. The maximum Gasteiger partial charge on any atom is 0.143 e. The lowest BCUT2D eigenvalue weighted by Crippen LogP contribution is -2.29. The van der Waals surface area contributed by atoms with Crippen molar-refractivity contribution in [1.82, 2.24) is 4.98 Å². The fraction of sp³-hybridized carbons (Fsp3) is 0.143. The van der Waals surface area contributed by atoms with Gasteiger partial charge >= 0.3 is 0 Å². The minimum Gasteiger partial charge on any atom is -0.253 e. The Morgan fingerprint density at radius 1 is 1.45 bits per heavy atom. The van der Waals surface area contributed by atoms with Crippen molar-refractivity contribution in [2.45, 2.75) is 6.92 Å². The standard InChI is InChI=1S/C7H6IN3/c1-5-7-6(11-8-10-5)3-2-4-9-7/h2-4H,1H3. The molecule has 1 aromatic rings. The van der Waals surface area contributed by atoms with Crippen molar-refractivity contribution in [2.24, 2.45) is 6.35 Å². The normalized spacial score (nSPS) is 14.8. The lowest BCUT2D eigenvalue weighted by molar-refractivity contribution is 1.16. The van der Waals surface area contributed by atoms with Gasteiger partial charge in [0.05, 0.1) is 11.1 Å². The Hall–Kier alpha value is -0.650. The molecule has 2 rings (SSSR count). The summed E-state index contributed by atoms with van der Waals surface area (Å²) in [7, 11) is 0. The first-order valence-electron chi connectivity index (χ1n) is 3.22. The van der Waals surface area contributed by atoms with Gasteiger partial charge in [0.25, 0.3) is 0 Å². The van der Waals surface area contributed by atoms with E-state index < -0.39 is 0 Å². The summed E-state index contributed by atoms with van der Waals surface area (Å²) >= 11 is -0.342. The molecule has 0 radical (unpaired) electrons. The van der Waals surface area contributed by atoms with Crippen LogP contribution in [0.25, 0.3) is 5.70 Å². The van der Waals surface area contributed by atoms with E-state index in [4.69, 9.17) is 0 Å². The molecule has 0 aliphatic carbocycles. The number of rotatable bonds is 0. The first-order chi connectivity index (χ1) is 5.38. The second kappa shape index (κ2) is 2.77. The van der Waals surface area contributed by atoms with Gasteiger partial charge in [-0.25, -0.2) is 6.35 Å². The summed E-state index contributed by atoms with van der Waals surface area (Å²) in [5, 5.41) is 1.95. The quantitative estimate of drug-likeness (QED) is 0.638. The van der Waals surface area contributed by atoms with Crippen LogP contribution in [0.1, 0.15) is 6.92 Å². The van der Waals surface area contributed by atoms with E-state index in [1.165, 1.54) is 0 Å². The second-order valence-electron chi connectivity index (χ2n) is 2.20. The Kier molecular flexibility index (Phi) is 1.77. The van der Waals surface area contributed by atoms with Crippen LogP contribution in [0.15, 0.2) is 24.7 Å². The highest BCUT2D eigenvalue weighted by atomic mass is 127. The third-order valence-electron chi connectivity index (χ3n) is 1.42. The second-order valence-corrected chi connectivity index (χ2v) is 3.60. The van der Waals surface area contributed by atoms with Gasteiger partial charge in [0.2, 0.25) is 0 Å². The van der Waals surface area contributed by atoms with Crippen LogP contribution in [0, 0.1) is 0 Å². The zero-order chi connectivity index (χ0) is 7.68. The third kappa shape index (κ3) is 1.22. The number of nitrogens with zero attached hydrogens (tertiary/aromatic N) is 3. The summed E-state index contributed by atoms with van der Waals surface area (Å²) < 4.78 is 8.57. The van der Waals surface area contributed by atoms with Crippen LogP contribution in [-0.4, -0.2) is 4.98 Å². The van der Waals surface area contributed by atoms with Crippen LogP contribution in [0.4, 0.5) is 0 Å². The molecule has 0 fully saturated rings. The van der Waals surface area contributed by atoms with Gasteiger partial charge < -0.3 is 0 Å². The van der Waals surface area contributed by atoms with E-state index in [1.54, 1.807) is 6.20 Å². The highest BCUT2D eigenvalue weighted by molar-refractivity contribution is 14.1. The third-order valence-corrected chi connectivity index (χ3v) is 3.10. The lowest BCUT2D eigenvalue weighted by Gasteiger charge is -1.94. The summed E-state index contributed by atoms with van der Waals surface area (Å²) in [4.78, 5) is 4.19. The summed E-state index contributed by atoms with van der Waals surface area (Å²) in [5.74, 6) is 0. The minimum atomic E-state index is -0.342. The van der Waals surface area contributed by atoms with Gasteiger partial charge in [0, 0.05) is 6.20 Å². The molecule has 0 saturated heterocycles. The summed E-state index contributed by atoms with van der Waals surface area (Å²) in [5.41, 5.74) is 1.03. The molecule has 0 amide bonds. The van der Waals surface area contributed by atoms with Crippen LogP contribution in [0.3, 0.4) is 0 Å².